The summed E-state index contributed by atoms with van der Waals surface area (Å²) >= 11 is 1.38. The van der Waals surface area contributed by atoms with Crippen LogP contribution >= 0.6 is 11.3 Å². The Balaban J connectivity index is 2.02. The van der Waals surface area contributed by atoms with Crippen molar-refractivity contribution in [3.05, 3.63) is 46.3 Å². The van der Waals surface area contributed by atoms with Gasteiger partial charge in [-0.1, -0.05) is 31.5 Å². The Labute approximate surface area is 139 Å². The van der Waals surface area contributed by atoms with E-state index >= 15 is 0 Å². The standard InChI is InChI=1S/C17H20N2O3S/c1-3-6-12-9-13(16(18)21)17(23-12)19-15(20)10-22-14-8-5-4-7-11(14)2/h4-5,7-9H,3,6,10H2,1-2H3,(H2,18,21)(H,19,20). The fraction of sp³-hybridized carbons (Fsp3) is 0.294. The van der Waals surface area contributed by atoms with Crippen molar-refractivity contribution in [3.63, 3.8) is 0 Å². The minimum absolute atomic E-state index is 0.121. The van der Waals surface area contributed by atoms with Crippen LogP contribution in [0.15, 0.2) is 30.3 Å². The van der Waals surface area contributed by atoms with Gasteiger partial charge in [0.25, 0.3) is 11.8 Å². The zero-order valence-electron chi connectivity index (χ0n) is 13.2. The highest BCUT2D eigenvalue weighted by atomic mass is 32.1. The molecule has 5 nitrogen and oxygen atoms in total. The molecule has 122 valence electrons. The molecule has 0 aliphatic heterocycles. The molecule has 3 N–H and O–H groups in total. The van der Waals surface area contributed by atoms with E-state index in [2.05, 4.69) is 12.2 Å². The number of nitrogens with one attached hydrogen (secondary N) is 1. The summed E-state index contributed by atoms with van der Waals surface area (Å²) in [6.45, 7) is 3.84. The van der Waals surface area contributed by atoms with Crippen molar-refractivity contribution in [2.75, 3.05) is 11.9 Å². The summed E-state index contributed by atoms with van der Waals surface area (Å²) in [5.41, 5.74) is 6.68. The van der Waals surface area contributed by atoms with Gasteiger partial charge >= 0.3 is 0 Å². The molecule has 0 atom stereocenters. The first kappa shape index (κ1) is 17.0. The first-order valence-electron chi connectivity index (χ1n) is 7.42. The molecule has 1 aromatic heterocycles. The summed E-state index contributed by atoms with van der Waals surface area (Å²) in [6, 6.07) is 9.22. The van der Waals surface area contributed by atoms with E-state index in [-0.39, 0.29) is 12.5 Å². The van der Waals surface area contributed by atoms with Gasteiger partial charge in [0, 0.05) is 4.88 Å². The lowest BCUT2D eigenvalue weighted by molar-refractivity contribution is -0.118. The van der Waals surface area contributed by atoms with Gasteiger partial charge in [-0.15, -0.1) is 11.3 Å². The summed E-state index contributed by atoms with van der Waals surface area (Å²) in [5.74, 6) is -0.199. The molecule has 0 bridgehead atoms. The zero-order valence-corrected chi connectivity index (χ0v) is 14.0. The Kier molecular flexibility index (Phi) is 5.76. The quantitative estimate of drug-likeness (QED) is 0.817. The summed E-state index contributed by atoms with van der Waals surface area (Å²) in [7, 11) is 0. The molecular formula is C17H20N2O3S. The van der Waals surface area contributed by atoms with Gasteiger partial charge in [-0.2, -0.15) is 0 Å². The van der Waals surface area contributed by atoms with Crippen LogP contribution in [0.5, 0.6) is 5.75 Å². The molecule has 2 aromatic rings. The van der Waals surface area contributed by atoms with Crippen LogP contribution in [0.2, 0.25) is 0 Å². The van der Waals surface area contributed by atoms with E-state index in [9.17, 15) is 9.59 Å². The maximum Gasteiger partial charge on any atom is 0.262 e. The lowest BCUT2D eigenvalue weighted by atomic mass is 10.2. The Morgan fingerprint density at radius 3 is 2.70 bits per heavy atom. The fourth-order valence-electron chi connectivity index (χ4n) is 2.11. The Morgan fingerprint density at radius 1 is 1.30 bits per heavy atom. The van der Waals surface area contributed by atoms with Crippen molar-refractivity contribution in [1.29, 1.82) is 0 Å². The first-order valence-corrected chi connectivity index (χ1v) is 8.23. The van der Waals surface area contributed by atoms with E-state index in [0.29, 0.717) is 16.3 Å². The van der Waals surface area contributed by atoms with Crippen molar-refractivity contribution in [2.24, 2.45) is 5.73 Å². The molecule has 0 saturated carbocycles. The van der Waals surface area contributed by atoms with Gasteiger partial charge in [0.2, 0.25) is 0 Å². The minimum Gasteiger partial charge on any atom is -0.483 e. The molecule has 1 heterocycles. The molecular weight excluding hydrogens is 312 g/mol. The second-order valence-corrected chi connectivity index (χ2v) is 6.31. The number of aryl methyl sites for hydroxylation is 2. The normalized spacial score (nSPS) is 10.3. The molecule has 0 aliphatic rings. The monoisotopic (exact) mass is 332 g/mol. The third-order valence-corrected chi connectivity index (χ3v) is 4.36. The van der Waals surface area contributed by atoms with Gasteiger partial charge in [-0.25, -0.2) is 0 Å². The first-order chi connectivity index (χ1) is 11.0. The Hall–Kier alpha value is -2.34. The topological polar surface area (TPSA) is 81.4 Å². The highest BCUT2D eigenvalue weighted by molar-refractivity contribution is 7.16. The van der Waals surface area contributed by atoms with Gasteiger partial charge in [-0.05, 0) is 31.0 Å². The number of ether oxygens (including phenoxy) is 1. The lowest BCUT2D eigenvalue weighted by Gasteiger charge is -2.09. The lowest BCUT2D eigenvalue weighted by Crippen LogP contribution is -2.22. The SMILES string of the molecule is CCCc1cc(C(N)=O)c(NC(=O)COc2ccccc2C)s1. The highest BCUT2D eigenvalue weighted by Crippen LogP contribution is 2.29. The summed E-state index contributed by atoms with van der Waals surface area (Å²) in [6.07, 6.45) is 1.81. The van der Waals surface area contributed by atoms with Crippen LogP contribution in [0.3, 0.4) is 0 Å². The number of thiophene rings is 1. The molecule has 0 radical (unpaired) electrons. The number of anilines is 1. The molecule has 6 heteroatoms. The van der Waals surface area contributed by atoms with Crippen LogP contribution in [-0.4, -0.2) is 18.4 Å². The van der Waals surface area contributed by atoms with Crippen molar-refractivity contribution in [2.45, 2.75) is 26.7 Å². The summed E-state index contributed by atoms with van der Waals surface area (Å²) in [5, 5.41) is 3.20. The van der Waals surface area contributed by atoms with Crippen molar-refractivity contribution < 1.29 is 14.3 Å². The molecule has 0 unspecified atom stereocenters. The maximum atomic E-state index is 12.1. The second kappa shape index (κ2) is 7.78. The van der Waals surface area contributed by atoms with E-state index < -0.39 is 5.91 Å². The van der Waals surface area contributed by atoms with Crippen LogP contribution < -0.4 is 15.8 Å². The largest absolute Gasteiger partial charge is 0.483 e. The van der Waals surface area contributed by atoms with Crippen LogP contribution in [0.25, 0.3) is 0 Å². The highest BCUT2D eigenvalue weighted by Gasteiger charge is 2.16. The average Bonchev–Trinajstić information content (AvgIpc) is 2.89. The summed E-state index contributed by atoms with van der Waals surface area (Å²) < 4.78 is 5.50. The van der Waals surface area contributed by atoms with Gasteiger partial charge in [-0.3, -0.25) is 9.59 Å². The number of benzene rings is 1. The van der Waals surface area contributed by atoms with E-state index in [1.165, 1.54) is 11.3 Å². The number of primary amides is 1. The van der Waals surface area contributed by atoms with E-state index in [0.717, 1.165) is 23.3 Å². The van der Waals surface area contributed by atoms with Crippen molar-refractivity contribution in [1.82, 2.24) is 0 Å². The molecule has 0 fully saturated rings. The third-order valence-electron chi connectivity index (χ3n) is 3.25. The number of rotatable bonds is 7. The molecule has 2 amide bonds. The molecule has 23 heavy (non-hydrogen) atoms. The predicted molar refractivity (Wildman–Crippen MR) is 92.1 cm³/mol. The number of carbonyl (C=O) groups is 2. The van der Waals surface area contributed by atoms with Gasteiger partial charge < -0.3 is 15.8 Å². The molecule has 2 rings (SSSR count). The molecule has 0 spiro atoms. The van der Waals surface area contributed by atoms with Crippen LogP contribution in [0, 0.1) is 6.92 Å². The minimum atomic E-state index is -0.543. The Bertz CT molecular complexity index is 710. The van der Waals surface area contributed by atoms with Gasteiger partial charge in [0.05, 0.1) is 5.56 Å². The average molecular weight is 332 g/mol. The fourth-order valence-corrected chi connectivity index (χ4v) is 3.29. The zero-order chi connectivity index (χ0) is 16.8. The summed E-state index contributed by atoms with van der Waals surface area (Å²) in [4.78, 5) is 24.6. The molecule has 0 saturated heterocycles. The van der Waals surface area contributed by atoms with Gasteiger partial charge in [0.15, 0.2) is 6.61 Å². The number of nitrogens with two attached hydrogens (primary N) is 1. The maximum absolute atomic E-state index is 12.1. The van der Waals surface area contributed by atoms with Crippen LogP contribution in [0.4, 0.5) is 5.00 Å². The predicted octanol–water partition coefficient (Wildman–Crippen LogP) is 3.13. The van der Waals surface area contributed by atoms with Crippen LogP contribution in [0.1, 0.15) is 34.1 Å². The van der Waals surface area contributed by atoms with Gasteiger partial charge in [0.1, 0.15) is 10.8 Å². The molecule has 0 aliphatic carbocycles. The molecule has 1 aromatic carbocycles. The number of para-hydroxylation sites is 1. The van der Waals surface area contributed by atoms with E-state index in [4.69, 9.17) is 10.5 Å². The number of carbonyl (C=O) groups excluding carboxylic acids is 2. The third kappa shape index (κ3) is 4.56. The smallest absolute Gasteiger partial charge is 0.262 e. The Morgan fingerprint density at radius 2 is 2.04 bits per heavy atom. The number of hydrogen-bond donors (Lipinski definition) is 2. The number of hydrogen-bond acceptors (Lipinski definition) is 4. The second-order valence-electron chi connectivity index (χ2n) is 5.17. The van der Waals surface area contributed by atoms with Crippen LogP contribution in [-0.2, 0) is 11.2 Å². The van der Waals surface area contributed by atoms with Crippen molar-refractivity contribution >= 4 is 28.2 Å². The van der Waals surface area contributed by atoms with E-state index in [1.807, 2.05) is 31.2 Å². The number of amides is 2. The van der Waals surface area contributed by atoms with E-state index in [1.54, 1.807) is 6.07 Å². The van der Waals surface area contributed by atoms with Crippen molar-refractivity contribution in [3.8, 4) is 5.75 Å².